The van der Waals surface area contributed by atoms with Crippen molar-refractivity contribution in [1.29, 1.82) is 0 Å². The number of halogens is 1. The molecule has 1 heterocycles. The SMILES string of the molecule is CC1CN(C(=O)COC(=O)CN(C)S(=O)(=O)c2ccc(Cl)cc2)CC(C)O1. The first-order valence-electron chi connectivity index (χ1n) is 8.40. The minimum absolute atomic E-state index is 0.00886. The Hall–Kier alpha value is -1.68. The monoisotopic (exact) mass is 418 g/mol. The van der Waals surface area contributed by atoms with Gasteiger partial charge in [-0.1, -0.05) is 11.6 Å². The van der Waals surface area contributed by atoms with Crippen molar-refractivity contribution < 1.29 is 27.5 Å². The Kier molecular flexibility index (Phi) is 7.21. The number of hydrogen-bond donors (Lipinski definition) is 0. The van der Waals surface area contributed by atoms with Crippen molar-refractivity contribution >= 4 is 33.5 Å². The third-order valence-electron chi connectivity index (χ3n) is 4.00. The van der Waals surface area contributed by atoms with Crippen molar-refractivity contribution in [2.24, 2.45) is 0 Å². The fourth-order valence-corrected chi connectivity index (χ4v) is 3.96. The maximum Gasteiger partial charge on any atom is 0.321 e. The van der Waals surface area contributed by atoms with Gasteiger partial charge in [0.25, 0.3) is 5.91 Å². The van der Waals surface area contributed by atoms with E-state index in [0.29, 0.717) is 18.1 Å². The van der Waals surface area contributed by atoms with Gasteiger partial charge in [-0.15, -0.1) is 0 Å². The van der Waals surface area contributed by atoms with E-state index in [1.54, 1.807) is 4.90 Å². The van der Waals surface area contributed by atoms with Crippen molar-refractivity contribution in [1.82, 2.24) is 9.21 Å². The number of hydrogen-bond acceptors (Lipinski definition) is 6. The highest BCUT2D eigenvalue weighted by Gasteiger charge is 2.27. The van der Waals surface area contributed by atoms with Crippen LogP contribution in [-0.2, 0) is 29.1 Å². The zero-order valence-corrected chi connectivity index (χ0v) is 17.0. The van der Waals surface area contributed by atoms with Crippen molar-refractivity contribution in [3.63, 3.8) is 0 Å². The number of carbonyl (C=O) groups excluding carboxylic acids is 2. The third-order valence-corrected chi connectivity index (χ3v) is 6.07. The Labute approximate surface area is 164 Å². The van der Waals surface area contributed by atoms with Crippen LogP contribution >= 0.6 is 11.6 Å². The molecule has 1 aromatic rings. The summed E-state index contributed by atoms with van der Waals surface area (Å²) in [4.78, 5) is 25.7. The first kappa shape index (κ1) is 21.6. The van der Waals surface area contributed by atoms with E-state index in [9.17, 15) is 18.0 Å². The molecule has 150 valence electrons. The molecule has 0 radical (unpaired) electrons. The van der Waals surface area contributed by atoms with Gasteiger partial charge >= 0.3 is 5.97 Å². The van der Waals surface area contributed by atoms with Gasteiger partial charge in [0.05, 0.1) is 17.1 Å². The normalized spacial score (nSPS) is 20.6. The molecule has 1 fully saturated rings. The molecule has 1 aromatic carbocycles. The van der Waals surface area contributed by atoms with Gasteiger partial charge < -0.3 is 14.4 Å². The first-order valence-corrected chi connectivity index (χ1v) is 10.2. The molecule has 1 amide bonds. The van der Waals surface area contributed by atoms with Crippen LogP contribution in [0.25, 0.3) is 0 Å². The van der Waals surface area contributed by atoms with E-state index >= 15 is 0 Å². The first-order chi connectivity index (χ1) is 12.6. The smallest absolute Gasteiger partial charge is 0.321 e. The van der Waals surface area contributed by atoms with Crippen LogP contribution in [0.3, 0.4) is 0 Å². The van der Waals surface area contributed by atoms with Gasteiger partial charge in [-0.3, -0.25) is 9.59 Å². The summed E-state index contributed by atoms with van der Waals surface area (Å²) in [5.41, 5.74) is 0. The lowest BCUT2D eigenvalue weighted by Crippen LogP contribution is -2.49. The lowest BCUT2D eigenvalue weighted by molar-refractivity contribution is -0.157. The maximum absolute atomic E-state index is 12.4. The van der Waals surface area contributed by atoms with E-state index in [0.717, 1.165) is 4.31 Å². The number of sulfonamides is 1. The van der Waals surface area contributed by atoms with Gasteiger partial charge in [-0.05, 0) is 38.1 Å². The van der Waals surface area contributed by atoms with Gasteiger partial charge in [0, 0.05) is 25.2 Å². The quantitative estimate of drug-likeness (QED) is 0.643. The number of likely N-dealkylation sites (N-methyl/N-ethyl adjacent to an activating group) is 1. The highest BCUT2D eigenvalue weighted by atomic mass is 35.5. The lowest BCUT2D eigenvalue weighted by atomic mass is 10.2. The highest BCUT2D eigenvalue weighted by Crippen LogP contribution is 2.17. The van der Waals surface area contributed by atoms with Crippen LogP contribution in [0.2, 0.25) is 5.02 Å². The summed E-state index contributed by atoms with van der Waals surface area (Å²) in [7, 11) is -2.60. The summed E-state index contributed by atoms with van der Waals surface area (Å²) >= 11 is 5.75. The summed E-state index contributed by atoms with van der Waals surface area (Å²) in [5, 5.41) is 0.404. The minimum Gasteiger partial charge on any atom is -0.455 e. The van der Waals surface area contributed by atoms with Crippen LogP contribution in [0.1, 0.15) is 13.8 Å². The molecular weight excluding hydrogens is 396 g/mol. The molecule has 0 saturated carbocycles. The molecule has 1 aliphatic rings. The Bertz CT molecular complexity index is 773. The topological polar surface area (TPSA) is 93.2 Å². The van der Waals surface area contributed by atoms with Crippen molar-refractivity contribution in [2.45, 2.75) is 31.0 Å². The number of rotatable bonds is 6. The van der Waals surface area contributed by atoms with Crippen LogP contribution in [0.5, 0.6) is 0 Å². The molecule has 0 spiro atoms. The van der Waals surface area contributed by atoms with E-state index in [-0.39, 0.29) is 23.0 Å². The second-order valence-corrected chi connectivity index (χ2v) is 8.91. The average Bonchev–Trinajstić information content (AvgIpc) is 2.59. The molecule has 0 aliphatic carbocycles. The summed E-state index contributed by atoms with van der Waals surface area (Å²) in [6.45, 7) is 3.62. The van der Waals surface area contributed by atoms with Crippen LogP contribution in [0, 0.1) is 0 Å². The predicted octanol–water partition coefficient (Wildman–Crippen LogP) is 1.14. The van der Waals surface area contributed by atoms with E-state index < -0.39 is 29.1 Å². The van der Waals surface area contributed by atoms with Crippen LogP contribution in [-0.4, -0.2) is 75.0 Å². The number of morpholine rings is 1. The zero-order valence-electron chi connectivity index (χ0n) is 15.4. The maximum atomic E-state index is 12.4. The molecule has 2 atom stereocenters. The zero-order chi connectivity index (χ0) is 20.2. The van der Waals surface area contributed by atoms with Gasteiger partial charge in [0.2, 0.25) is 10.0 Å². The fourth-order valence-electron chi connectivity index (χ4n) is 2.71. The minimum atomic E-state index is -3.86. The molecule has 27 heavy (non-hydrogen) atoms. The number of benzene rings is 1. The summed E-state index contributed by atoms with van der Waals surface area (Å²) < 4.78 is 36.2. The number of esters is 1. The fraction of sp³-hybridized carbons (Fsp3) is 0.529. The predicted molar refractivity (Wildman–Crippen MR) is 98.8 cm³/mol. The molecular formula is C17H23ClN2O6S. The molecule has 1 aliphatic heterocycles. The van der Waals surface area contributed by atoms with Crippen LogP contribution in [0.15, 0.2) is 29.2 Å². The number of nitrogens with zero attached hydrogens (tertiary/aromatic N) is 2. The largest absolute Gasteiger partial charge is 0.455 e. The Morgan fingerprint density at radius 2 is 1.78 bits per heavy atom. The van der Waals surface area contributed by atoms with Crippen LogP contribution < -0.4 is 0 Å². The summed E-state index contributed by atoms with van der Waals surface area (Å²) in [6, 6.07) is 5.60. The molecule has 0 aromatic heterocycles. The molecule has 8 nitrogen and oxygen atoms in total. The summed E-state index contributed by atoms with van der Waals surface area (Å²) in [5.74, 6) is -1.15. The average molecular weight is 419 g/mol. The highest BCUT2D eigenvalue weighted by molar-refractivity contribution is 7.89. The number of carbonyl (C=O) groups is 2. The molecule has 10 heteroatoms. The Morgan fingerprint density at radius 1 is 1.22 bits per heavy atom. The van der Waals surface area contributed by atoms with E-state index in [1.807, 2.05) is 13.8 Å². The second-order valence-electron chi connectivity index (χ2n) is 6.43. The van der Waals surface area contributed by atoms with Gasteiger partial charge in [0.15, 0.2) is 6.61 Å². The number of ether oxygens (including phenoxy) is 2. The van der Waals surface area contributed by atoms with Crippen LogP contribution in [0.4, 0.5) is 0 Å². The standard InChI is InChI=1S/C17H23ClN2O6S/c1-12-8-20(9-13(2)26-12)16(21)11-25-17(22)10-19(3)27(23,24)15-6-4-14(18)5-7-15/h4-7,12-13H,8-11H2,1-3H3. The van der Waals surface area contributed by atoms with E-state index in [4.69, 9.17) is 21.1 Å². The Morgan fingerprint density at radius 3 is 2.33 bits per heavy atom. The van der Waals surface area contributed by atoms with Crippen molar-refractivity contribution in [3.05, 3.63) is 29.3 Å². The van der Waals surface area contributed by atoms with Crippen molar-refractivity contribution in [2.75, 3.05) is 33.3 Å². The number of amides is 1. The second kappa shape index (κ2) is 9.01. The van der Waals surface area contributed by atoms with E-state index in [2.05, 4.69) is 0 Å². The molecule has 2 unspecified atom stereocenters. The molecule has 0 bridgehead atoms. The lowest BCUT2D eigenvalue weighted by Gasteiger charge is -2.35. The Balaban J connectivity index is 1.87. The third kappa shape index (κ3) is 5.90. The van der Waals surface area contributed by atoms with Crippen molar-refractivity contribution in [3.8, 4) is 0 Å². The van der Waals surface area contributed by atoms with Gasteiger partial charge in [-0.2, -0.15) is 4.31 Å². The molecule has 2 rings (SSSR count). The van der Waals surface area contributed by atoms with Gasteiger partial charge in [-0.25, -0.2) is 8.42 Å². The molecule has 1 saturated heterocycles. The van der Waals surface area contributed by atoms with Gasteiger partial charge in [0.1, 0.15) is 6.54 Å². The summed E-state index contributed by atoms with van der Waals surface area (Å²) in [6.07, 6.45) is -0.187. The van der Waals surface area contributed by atoms with E-state index in [1.165, 1.54) is 31.3 Å². The molecule has 0 N–H and O–H groups in total.